The Morgan fingerprint density at radius 2 is 1.81 bits per heavy atom. The molecule has 5 nitrogen and oxygen atoms in total. The number of aromatic nitrogens is 1. The molecule has 0 radical (unpaired) electrons. The Bertz CT molecular complexity index is 1340. The van der Waals surface area contributed by atoms with Crippen LogP contribution in [0.15, 0.2) is 54.7 Å². The number of fused-ring (bicyclic) bond motifs is 1. The summed E-state index contributed by atoms with van der Waals surface area (Å²) in [7, 11) is 0. The van der Waals surface area contributed by atoms with Gasteiger partial charge in [0, 0.05) is 22.3 Å². The molecule has 2 aromatic carbocycles. The fraction of sp³-hybridized carbons (Fsp3) is 0.321. The molecule has 8 heteroatoms. The number of carbonyl (C=O) groups is 2. The zero-order valence-electron chi connectivity index (χ0n) is 20.0. The van der Waals surface area contributed by atoms with Gasteiger partial charge in [-0.05, 0) is 68.0 Å². The third-order valence-electron chi connectivity index (χ3n) is 7.33. The number of benzene rings is 2. The highest BCUT2D eigenvalue weighted by Gasteiger charge is 2.56. The first-order chi connectivity index (χ1) is 17.2. The van der Waals surface area contributed by atoms with Gasteiger partial charge >= 0.3 is 0 Å². The number of pyridine rings is 1. The van der Waals surface area contributed by atoms with Gasteiger partial charge in [0.1, 0.15) is 5.82 Å². The summed E-state index contributed by atoms with van der Waals surface area (Å²) in [5.74, 6) is -1.45. The SMILES string of the molecule is CCC1(CO[C@]2(c3ccc(Cl)cc3)c3c(F)cc(C(C)=O)cc3C(=O)N2Cc2ccc(Cl)cn2)CC1. The normalized spacial score (nSPS) is 19.9. The summed E-state index contributed by atoms with van der Waals surface area (Å²) in [6.45, 7) is 3.84. The van der Waals surface area contributed by atoms with E-state index in [-0.39, 0.29) is 34.4 Å². The van der Waals surface area contributed by atoms with Gasteiger partial charge in [-0.2, -0.15) is 0 Å². The molecule has 1 fully saturated rings. The first-order valence-electron chi connectivity index (χ1n) is 11.9. The monoisotopic (exact) mass is 526 g/mol. The minimum atomic E-state index is -1.57. The molecule has 1 aliphatic heterocycles. The fourth-order valence-electron chi connectivity index (χ4n) is 4.84. The van der Waals surface area contributed by atoms with Gasteiger partial charge in [-0.25, -0.2) is 4.39 Å². The number of ether oxygens (including phenoxy) is 1. The highest BCUT2D eigenvalue weighted by atomic mass is 35.5. The van der Waals surface area contributed by atoms with Crippen molar-refractivity contribution in [1.29, 1.82) is 0 Å². The third kappa shape index (κ3) is 4.21. The number of amides is 1. The quantitative estimate of drug-likeness (QED) is 0.303. The summed E-state index contributed by atoms with van der Waals surface area (Å²) in [6.07, 6.45) is 4.42. The van der Waals surface area contributed by atoms with Crippen LogP contribution in [0.2, 0.25) is 10.0 Å². The van der Waals surface area contributed by atoms with E-state index in [0.717, 1.165) is 19.3 Å². The highest BCUT2D eigenvalue weighted by Crippen LogP contribution is 2.53. The van der Waals surface area contributed by atoms with Crippen LogP contribution in [0.25, 0.3) is 0 Å². The zero-order valence-corrected chi connectivity index (χ0v) is 21.5. The zero-order chi connectivity index (χ0) is 25.7. The Balaban J connectivity index is 1.73. The molecule has 186 valence electrons. The van der Waals surface area contributed by atoms with Crippen molar-refractivity contribution in [3.63, 3.8) is 0 Å². The number of nitrogens with zero attached hydrogens (tertiary/aromatic N) is 2. The predicted molar refractivity (Wildman–Crippen MR) is 136 cm³/mol. The van der Waals surface area contributed by atoms with E-state index < -0.39 is 17.4 Å². The largest absolute Gasteiger partial charge is 0.346 e. The topological polar surface area (TPSA) is 59.5 Å². The Kier molecular flexibility index (Phi) is 6.39. The van der Waals surface area contributed by atoms with Crippen molar-refractivity contribution in [2.45, 2.75) is 45.4 Å². The molecule has 2 heterocycles. The maximum atomic E-state index is 16.0. The summed E-state index contributed by atoms with van der Waals surface area (Å²) in [6, 6.07) is 12.9. The van der Waals surface area contributed by atoms with Crippen molar-refractivity contribution in [1.82, 2.24) is 9.88 Å². The first kappa shape index (κ1) is 24.9. The van der Waals surface area contributed by atoms with E-state index in [9.17, 15) is 9.59 Å². The van der Waals surface area contributed by atoms with Gasteiger partial charge in [0.15, 0.2) is 11.5 Å². The Morgan fingerprint density at radius 1 is 1.11 bits per heavy atom. The maximum Gasteiger partial charge on any atom is 0.257 e. The molecule has 1 atom stereocenters. The van der Waals surface area contributed by atoms with Gasteiger partial charge in [0.05, 0.1) is 35.0 Å². The molecule has 0 bridgehead atoms. The molecule has 1 amide bonds. The van der Waals surface area contributed by atoms with E-state index in [1.165, 1.54) is 30.2 Å². The predicted octanol–water partition coefficient (Wildman–Crippen LogP) is 6.79. The molecule has 1 saturated carbocycles. The molecule has 1 aliphatic carbocycles. The average Bonchev–Trinajstić information content (AvgIpc) is 3.61. The molecular formula is C28H25Cl2FN2O3. The van der Waals surface area contributed by atoms with Gasteiger partial charge in [-0.3, -0.25) is 19.5 Å². The van der Waals surface area contributed by atoms with Gasteiger partial charge < -0.3 is 4.74 Å². The van der Waals surface area contributed by atoms with E-state index in [1.807, 2.05) is 0 Å². The number of carbonyl (C=O) groups excluding carboxylic acids is 2. The average molecular weight is 527 g/mol. The highest BCUT2D eigenvalue weighted by molar-refractivity contribution is 6.30. The second kappa shape index (κ2) is 9.25. The molecule has 0 spiro atoms. The van der Waals surface area contributed by atoms with Crippen LogP contribution in [-0.4, -0.2) is 28.2 Å². The Labute approximate surface area is 219 Å². The molecule has 36 heavy (non-hydrogen) atoms. The smallest absolute Gasteiger partial charge is 0.257 e. The Hall–Kier alpha value is -2.80. The van der Waals surface area contributed by atoms with E-state index in [1.54, 1.807) is 36.4 Å². The number of Topliss-reactive ketones (excluding diaryl/α,β-unsaturated/α-hetero) is 1. The summed E-state index contributed by atoms with van der Waals surface area (Å²) in [5, 5.41) is 0.967. The van der Waals surface area contributed by atoms with Gasteiger partial charge in [-0.1, -0.05) is 42.3 Å². The van der Waals surface area contributed by atoms with E-state index in [2.05, 4.69) is 11.9 Å². The van der Waals surface area contributed by atoms with Gasteiger partial charge in [0.2, 0.25) is 0 Å². The summed E-state index contributed by atoms with van der Waals surface area (Å²) in [4.78, 5) is 31.9. The van der Waals surface area contributed by atoms with Crippen LogP contribution >= 0.6 is 23.2 Å². The van der Waals surface area contributed by atoms with E-state index in [4.69, 9.17) is 27.9 Å². The lowest BCUT2D eigenvalue weighted by Gasteiger charge is -2.40. The van der Waals surface area contributed by atoms with Crippen molar-refractivity contribution in [2.75, 3.05) is 6.61 Å². The molecule has 3 aromatic rings. The van der Waals surface area contributed by atoms with Crippen LogP contribution in [0.3, 0.4) is 0 Å². The fourth-order valence-corrected chi connectivity index (χ4v) is 5.07. The van der Waals surface area contributed by atoms with Crippen molar-refractivity contribution in [2.24, 2.45) is 5.41 Å². The number of hydrogen-bond acceptors (Lipinski definition) is 4. The number of hydrogen-bond donors (Lipinski definition) is 0. The maximum absolute atomic E-state index is 16.0. The second-order valence-electron chi connectivity index (χ2n) is 9.59. The summed E-state index contributed by atoms with van der Waals surface area (Å²) < 4.78 is 22.7. The molecule has 0 saturated heterocycles. The lowest BCUT2D eigenvalue weighted by atomic mass is 9.91. The molecule has 0 unspecified atom stereocenters. The van der Waals surface area contributed by atoms with Gasteiger partial charge in [-0.15, -0.1) is 0 Å². The number of ketones is 1. The lowest BCUT2D eigenvalue weighted by molar-refractivity contribution is -0.127. The first-order valence-corrected chi connectivity index (χ1v) is 12.6. The van der Waals surface area contributed by atoms with Crippen molar-refractivity contribution in [3.05, 3.63) is 98.5 Å². The van der Waals surface area contributed by atoms with E-state index in [0.29, 0.717) is 27.9 Å². The van der Waals surface area contributed by atoms with Crippen LogP contribution < -0.4 is 0 Å². The number of rotatable bonds is 8. The second-order valence-corrected chi connectivity index (χ2v) is 10.5. The van der Waals surface area contributed by atoms with Gasteiger partial charge in [0.25, 0.3) is 5.91 Å². The molecule has 0 N–H and O–H groups in total. The number of halogens is 3. The van der Waals surface area contributed by atoms with Crippen LogP contribution in [0.5, 0.6) is 0 Å². The van der Waals surface area contributed by atoms with Crippen LogP contribution in [0.4, 0.5) is 4.39 Å². The van der Waals surface area contributed by atoms with Crippen molar-refractivity contribution in [3.8, 4) is 0 Å². The molecular weight excluding hydrogens is 502 g/mol. The molecule has 1 aromatic heterocycles. The minimum absolute atomic E-state index is 0.00871. The summed E-state index contributed by atoms with van der Waals surface area (Å²) in [5.41, 5.74) is -0.122. The lowest BCUT2D eigenvalue weighted by Crippen LogP contribution is -2.48. The standard InChI is InChI=1S/C28H25Cl2FN2O3/c1-3-27(10-11-27)16-36-28(19-4-6-20(29)7-5-19)25-23(12-18(17(2)34)13-24(25)31)26(35)33(28)15-22-9-8-21(30)14-32-22/h4-9,12-14H,3,10-11,15-16H2,1-2H3/t28-/m1/s1. The summed E-state index contributed by atoms with van der Waals surface area (Å²) >= 11 is 12.2. The third-order valence-corrected chi connectivity index (χ3v) is 7.81. The molecule has 5 rings (SSSR count). The van der Waals surface area contributed by atoms with Crippen LogP contribution in [0, 0.1) is 11.2 Å². The van der Waals surface area contributed by atoms with Crippen molar-refractivity contribution < 1.29 is 18.7 Å². The molecule has 2 aliphatic rings. The minimum Gasteiger partial charge on any atom is -0.346 e. The van der Waals surface area contributed by atoms with E-state index >= 15 is 4.39 Å². The Morgan fingerprint density at radius 3 is 2.39 bits per heavy atom. The van der Waals surface area contributed by atoms with Crippen molar-refractivity contribution >= 4 is 34.9 Å². The van der Waals surface area contributed by atoms with Crippen LogP contribution in [-0.2, 0) is 17.0 Å². The van der Waals surface area contributed by atoms with Crippen LogP contribution in [0.1, 0.15) is 70.6 Å².